The van der Waals surface area contributed by atoms with Gasteiger partial charge < -0.3 is 9.64 Å². The molecule has 1 fully saturated rings. The number of hydrogen-bond acceptors (Lipinski definition) is 3. The molecule has 1 amide bonds. The molecule has 20 heavy (non-hydrogen) atoms. The molecule has 0 aromatic rings. The molecule has 0 spiro atoms. The van der Waals surface area contributed by atoms with Gasteiger partial charge in [-0.25, -0.2) is 0 Å². The van der Waals surface area contributed by atoms with Crippen LogP contribution in [-0.4, -0.2) is 51.6 Å². The summed E-state index contributed by atoms with van der Waals surface area (Å²) in [6, 6.07) is -0.0735. The van der Waals surface area contributed by atoms with E-state index in [0.717, 1.165) is 25.9 Å². The maximum atomic E-state index is 12.2. The van der Waals surface area contributed by atoms with Crippen LogP contribution in [-0.2, 0) is 9.53 Å². The smallest absolute Gasteiger partial charge is 0.258 e. The van der Waals surface area contributed by atoms with Gasteiger partial charge in [0.1, 0.15) is 12.0 Å². The molecule has 0 aromatic heterocycles. The predicted molar refractivity (Wildman–Crippen MR) is 82.9 cm³/mol. The number of ether oxygens (including phenoxy) is 1. The van der Waals surface area contributed by atoms with Crippen molar-refractivity contribution in [2.45, 2.75) is 70.3 Å². The van der Waals surface area contributed by atoms with E-state index in [9.17, 15) is 4.79 Å². The Bertz CT molecular complexity index is 331. The van der Waals surface area contributed by atoms with E-state index in [1.807, 2.05) is 20.8 Å². The van der Waals surface area contributed by atoms with Crippen molar-refractivity contribution in [3.63, 3.8) is 0 Å². The van der Waals surface area contributed by atoms with Crippen LogP contribution >= 0.6 is 23.2 Å². The SMILES string of the molecule is CCCN(CCC)C1OC(C)(C)N(C(=O)C(Cl)Cl)C1C. The predicted octanol–water partition coefficient (Wildman–Crippen LogP) is 3.22. The first-order chi connectivity index (χ1) is 9.26. The van der Waals surface area contributed by atoms with Gasteiger partial charge in [-0.3, -0.25) is 9.69 Å². The monoisotopic (exact) mass is 324 g/mol. The lowest BCUT2D eigenvalue weighted by Gasteiger charge is -2.33. The molecule has 2 atom stereocenters. The zero-order chi connectivity index (χ0) is 15.5. The molecule has 2 unspecified atom stereocenters. The molecule has 0 bridgehead atoms. The molecule has 1 heterocycles. The van der Waals surface area contributed by atoms with E-state index < -0.39 is 10.6 Å². The highest BCUT2D eigenvalue weighted by molar-refractivity contribution is 6.53. The fraction of sp³-hybridized carbons (Fsp3) is 0.929. The first-order valence-corrected chi connectivity index (χ1v) is 8.16. The van der Waals surface area contributed by atoms with E-state index in [1.165, 1.54) is 0 Å². The number of hydrogen-bond donors (Lipinski definition) is 0. The summed E-state index contributed by atoms with van der Waals surface area (Å²) in [4.78, 5) is 15.1. The highest BCUT2D eigenvalue weighted by Crippen LogP contribution is 2.35. The third-order valence-corrected chi connectivity index (χ3v) is 3.99. The fourth-order valence-electron chi connectivity index (χ4n) is 2.96. The maximum absolute atomic E-state index is 12.2. The molecule has 0 saturated carbocycles. The number of amides is 1. The second kappa shape index (κ2) is 7.30. The molecule has 1 saturated heterocycles. The van der Waals surface area contributed by atoms with Gasteiger partial charge in [0.05, 0.1) is 6.04 Å². The van der Waals surface area contributed by atoms with E-state index in [0.29, 0.717) is 0 Å². The van der Waals surface area contributed by atoms with Crippen molar-refractivity contribution < 1.29 is 9.53 Å². The first kappa shape index (κ1) is 18.0. The summed E-state index contributed by atoms with van der Waals surface area (Å²) in [6.45, 7) is 11.9. The molecular formula is C14H26Cl2N2O2. The van der Waals surface area contributed by atoms with Crippen LogP contribution in [0.15, 0.2) is 0 Å². The molecule has 0 aromatic carbocycles. The minimum Gasteiger partial charge on any atom is -0.336 e. The lowest BCUT2D eigenvalue weighted by molar-refractivity contribution is -0.149. The molecule has 6 heteroatoms. The molecule has 4 nitrogen and oxygen atoms in total. The van der Waals surface area contributed by atoms with Crippen molar-refractivity contribution in [3.8, 4) is 0 Å². The second-order valence-electron chi connectivity index (χ2n) is 5.74. The summed E-state index contributed by atoms with van der Waals surface area (Å²) in [7, 11) is 0. The number of rotatable bonds is 6. The number of alkyl halides is 2. The Labute approximate surface area is 132 Å². The van der Waals surface area contributed by atoms with E-state index in [2.05, 4.69) is 18.7 Å². The Morgan fingerprint density at radius 2 is 1.80 bits per heavy atom. The zero-order valence-electron chi connectivity index (χ0n) is 13.0. The first-order valence-electron chi connectivity index (χ1n) is 7.29. The van der Waals surface area contributed by atoms with Gasteiger partial charge in [-0.2, -0.15) is 0 Å². The van der Waals surface area contributed by atoms with Crippen LogP contribution in [0, 0.1) is 0 Å². The molecule has 0 N–H and O–H groups in total. The molecule has 1 aliphatic heterocycles. The fourth-order valence-corrected chi connectivity index (χ4v) is 3.17. The molecule has 118 valence electrons. The standard InChI is InChI=1S/C14H26Cl2N2O2/c1-6-8-17(9-7-2)13-10(3)18(12(19)11(15)16)14(4,5)20-13/h10-11,13H,6-9H2,1-5H3. The minimum absolute atomic E-state index is 0.0735. The Morgan fingerprint density at radius 3 is 2.20 bits per heavy atom. The van der Waals surface area contributed by atoms with Crippen LogP contribution in [0.4, 0.5) is 0 Å². The van der Waals surface area contributed by atoms with Gasteiger partial charge in [0, 0.05) is 13.1 Å². The molecule has 1 rings (SSSR count). The number of carbonyl (C=O) groups excluding carboxylic acids is 1. The van der Waals surface area contributed by atoms with Gasteiger partial charge in [-0.15, -0.1) is 0 Å². The van der Waals surface area contributed by atoms with Crippen LogP contribution in [0.1, 0.15) is 47.5 Å². The van der Waals surface area contributed by atoms with E-state index in [-0.39, 0.29) is 18.2 Å². The summed E-state index contributed by atoms with van der Waals surface area (Å²) in [5, 5.41) is 0. The summed E-state index contributed by atoms with van der Waals surface area (Å²) in [5.74, 6) is -0.290. The Balaban J connectivity index is 2.94. The van der Waals surface area contributed by atoms with Crippen LogP contribution in [0.3, 0.4) is 0 Å². The lowest BCUT2D eigenvalue weighted by Crippen LogP contribution is -2.50. The van der Waals surface area contributed by atoms with Crippen molar-refractivity contribution in [2.75, 3.05) is 13.1 Å². The molecule has 0 radical (unpaired) electrons. The zero-order valence-corrected chi connectivity index (χ0v) is 14.5. The normalized spacial score (nSPS) is 25.8. The third-order valence-electron chi connectivity index (χ3n) is 3.61. The average Bonchev–Trinajstić information content (AvgIpc) is 2.58. The largest absolute Gasteiger partial charge is 0.336 e. The van der Waals surface area contributed by atoms with Crippen molar-refractivity contribution in [1.82, 2.24) is 9.80 Å². The van der Waals surface area contributed by atoms with Crippen LogP contribution in [0.25, 0.3) is 0 Å². The number of carbonyl (C=O) groups is 1. The lowest BCUT2D eigenvalue weighted by atomic mass is 10.2. The summed E-state index contributed by atoms with van der Waals surface area (Å²) < 4.78 is 6.13. The topological polar surface area (TPSA) is 32.8 Å². The maximum Gasteiger partial charge on any atom is 0.258 e. The van der Waals surface area contributed by atoms with Crippen molar-refractivity contribution >= 4 is 29.1 Å². The van der Waals surface area contributed by atoms with Gasteiger partial charge in [0.15, 0.2) is 4.84 Å². The van der Waals surface area contributed by atoms with Gasteiger partial charge in [0.25, 0.3) is 5.91 Å². The summed E-state index contributed by atoms with van der Waals surface area (Å²) in [6.07, 6.45) is 1.99. The number of halogens is 2. The van der Waals surface area contributed by atoms with Gasteiger partial charge in [-0.1, -0.05) is 37.0 Å². The summed E-state index contributed by atoms with van der Waals surface area (Å²) >= 11 is 11.5. The summed E-state index contributed by atoms with van der Waals surface area (Å²) in [5.41, 5.74) is -0.692. The van der Waals surface area contributed by atoms with Crippen LogP contribution in [0.5, 0.6) is 0 Å². The van der Waals surface area contributed by atoms with Gasteiger partial charge in [-0.05, 0) is 33.6 Å². The molecule has 0 aliphatic carbocycles. The second-order valence-corrected chi connectivity index (χ2v) is 6.84. The third kappa shape index (κ3) is 3.79. The van der Waals surface area contributed by atoms with Gasteiger partial charge >= 0.3 is 0 Å². The van der Waals surface area contributed by atoms with E-state index >= 15 is 0 Å². The van der Waals surface area contributed by atoms with E-state index in [4.69, 9.17) is 27.9 Å². The van der Waals surface area contributed by atoms with Crippen LogP contribution < -0.4 is 0 Å². The Morgan fingerprint density at radius 1 is 1.30 bits per heavy atom. The molecular weight excluding hydrogens is 299 g/mol. The minimum atomic E-state index is -1.05. The number of nitrogens with zero attached hydrogens (tertiary/aromatic N) is 2. The quantitative estimate of drug-likeness (QED) is 0.703. The van der Waals surface area contributed by atoms with E-state index in [1.54, 1.807) is 4.90 Å². The highest BCUT2D eigenvalue weighted by Gasteiger charge is 2.50. The molecule has 1 aliphatic rings. The Hall–Kier alpha value is -0.0300. The van der Waals surface area contributed by atoms with Crippen molar-refractivity contribution in [2.24, 2.45) is 0 Å². The average molecular weight is 325 g/mol. The van der Waals surface area contributed by atoms with Crippen molar-refractivity contribution in [3.05, 3.63) is 0 Å². The highest BCUT2D eigenvalue weighted by atomic mass is 35.5. The van der Waals surface area contributed by atoms with Crippen molar-refractivity contribution in [1.29, 1.82) is 0 Å². The van der Waals surface area contributed by atoms with Gasteiger partial charge in [0.2, 0.25) is 0 Å². The Kier molecular flexibility index (Phi) is 6.58. The van der Waals surface area contributed by atoms with Crippen LogP contribution in [0.2, 0.25) is 0 Å².